The predicted molar refractivity (Wildman–Crippen MR) is 66.3 cm³/mol. The van der Waals surface area contributed by atoms with Crippen molar-refractivity contribution in [1.29, 1.82) is 0 Å². The molecule has 0 fully saturated rings. The summed E-state index contributed by atoms with van der Waals surface area (Å²) in [5.74, 6) is 0.607. The second-order valence-electron chi connectivity index (χ2n) is 4.43. The summed E-state index contributed by atoms with van der Waals surface area (Å²) in [5, 5.41) is 3.41. The van der Waals surface area contributed by atoms with Crippen LogP contribution in [0.25, 0.3) is 0 Å². The lowest BCUT2D eigenvalue weighted by molar-refractivity contribution is 0.110. The molecule has 0 radical (unpaired) electrons. The Bertz CT molecular complexity index is 275. The maximum Gasteiger partial charge on any atom is 0.0591 e. The number of hydrogen-bond donors (Lipinski definition) is 1. The van der Waals surface area contributed by atoms with Crippen LogP contribution in [0.1, 0.15) is 32.4 Å². The Labute approximate surface area is 98.2 Å². The summed E-state index contributed by atoms with van der Waals surface area (Å²) in [6, 6.07) is 4.37. The molecule has 0 aliphatic rings. The van der Waals surface area contributed by atoms with Crippen LogP contribution in [0, 0.1) is 5.92 Å². The molecule has 1 atom stereocenters. The van der Waals surface area contributed by atoms with Crippen molar-refractivity contribution in [2.45, 2.75) is 26.8 Å². The van der Waals surface area contributed by atoms with Crippen molar-refractivity contribution in [3.8, 4) is 0 Å². The van der Waals surface area contributed by atoms with Crippen molar-refractivity contribution in [3.05, 3.63) is 30.1 Å². The number of rotatable bonds is 7. The number of nitrogens with one attached hydrogen (secondary N) is 1. The highest BCUT2D eigenvalue weighted by molar-refractivity contribution is 5.12. The minimum atomic E-state index is 0.330. The molecule has 0 aliphatic carbocycles. The molecule has 90 valence electrons. The Morgan fingerprint density at radius 3 is 2.81 bits per heavy atom. The van der Waals surface area contributed by atoms with Gasteiger partial charge in [-0.15, -0.1) is 0 Å². The molecule has 0 aliphatic heterocycles. The zero-order chi connectivity index (χ0) is 11.8. The minimum absolute atomic E-state index is 0.330. The third-order valence-corrected chi connectivity index (χ3v) is 2.33. The Hall–Kier alpha value is -0.930. The molecule has 3 nitrogen and oxygen atoms in total. The Kier molecular flexibility index (Phi) is 6.04. The van der Waals surface area contributed by atoms with Crippen molar-refractivity contribution in [3.63, 3.8) is 0 Å². The second-order valence-corrected chi connectivity index (χ2v) is 4.43. The van der Waals surface area contributed by atoms with Crippen LogP contribution in [0.15, 0.2) is 24.5 Å². The van der Waals surface area contributed by atoms with Gasteiger partial charge < -0.3 is 10.1 Å². The molecular formula is C13H22N2O. The number of nitrogens with zero attached hydrogens (tertiary/aromatic N) is 1. The van der Waals surface area contributed by atoms with Gasteiger partial charge in [0.1, 0.15) is 0 Å². The molecule has 1 aromatic heterocycles. The summed E-state index contributed by atoms with van der Waals surface area (Å²) >= 11 is 0. The van der Waals surface area contributed by atoms with Gasteiger partial charge in [0, 0.05) is 31.6 Å². The summed E-state index contributed by atoms with van der Waals surface area (Å²) in [4.78, 5) is 4.10. The minimum Gasteiger partial charge on any atom is -0.380 e. The quantitative estimate of drug-likeness (QED) is 0.719. The summed E-state index contributed by atoms with van der Waals surface area (Å²) in [6.07, 6.45) is 3.69. The summed E-state index contributed by atoms with van der Waals surface area (Å²) < 4.78 is 5.50. The third-order valence-electron chi connectivity index (χ3n) is 2.33. The summed E-state index contributed by atoms with van der Waals surface area (Å²) in [6.45, 7) is 8.94. The van der Waals surface area contributed by atoms with Gasteiger partial charge >= 0.3 is 0 Å². The van der Waals surface area contributed by atoms with Crippen LogP contribution in [0.2, 0.25) is 0 Å². The van der Waals surface area contributed by atoms with E-state index in [1.54, 1.807) is 6.20 Å². The zero-order valence-corrected chi connectivity index (χ0v) is 10.4. The first-order valence-electron chi connectivity index (χ1n) is 5.91. The van der Waals surface area contributed by atoms with E-state index in [1.165, 1.54) is 5.56 Å². The van der Waals surface area contributed by atoms with Crippen molar-refractivity contribution < 1.29 is 4.74 Å². The second kappa shape index (κ2) is 7.36. The first-order chi connectivity index (χ1) is 7.70. The lowest BCUT2D eigenvalue weighted by Crippen LogP contribution is -2.24. The van der Waals surface area contributed by atoms with Gasteiger partial charge in [0.25, 0.3) is 0 Å². The lowest BCUT2D eigenvalue weighted by Gasteiger charge is -2.14. The van der Waals surface area contributed by atoms with Gasteiger partial charge in [0.2, 0.25) is 0 Å². The number of ether oxygens (including phenoxy) is 1. The highest BCUT2D eigenvalue weighted by Gasteiger charge is 2.03. The maximum absolute atomic E-state index is 5.50. The van der Waals surface area contributed by atoms with Crippen LogP contribution in [0.3, 0.4) is 0 Å². The molecule has 16 heavy (non-hydrogen) atoms. The van der Waals surface area contributed by atoms with E-state index >= 15 is 0 Å². The van der Waals surface area contributed by atoms with Gasteiger partial charge in [-0.25, -0.2) is 0 Å². The molecule has 0 unspecified atom stereocenters. The number of pyridine rings is 1. The molecule has 0 amide bonds. The van der Waals surface area contributed by atoms with E-state index in [9.17, 15) is 0 Å². The zero-order valence-electron chi connectivity index (χ0n) is 10.4. The standard InChI is InChI=1S/C13H22N2O/c1-11(2)10-16-8-7-15-12(3)13-5-4-6-14-9-13/h4-6,9,11-12,15H,7-8,10H2,1-3H3/t12-/m0/s1. The SMILES string of the molecule is CC(C)COCCN[C@@H](C)c1cccnc1. The fourth-order valence-corrected chi connectivity index (χ4v) is 1.42. The largest absolute Gasteiger partial charge is 0.380 e. The van der Waals surface area contributed by atoms with E-state index in [-0.39, 0.29) is 0 Å². The van der Waals surface area contributed by atoms with Crippen LogP contribution < -0.4 is 5.32 Å². The molecule has 0 aromatic carbocycles. The molecule has 0 saturated heterocycles. The van der Waals surface area contributed by atoms with Gasteiger partial charge in [-0.1, -0.05) is 19.9 Å². The van der Waals surface area contributed by atoms with Crippen LogP contribution in [-0.4, -0.2) is 24.7 Å². The van der Waals surface area contributed by atoms with Gasteiger partial charge in [-0.3, -0.25) is 4.98 Å². The van der Waals surface area contributed by atoms with E-state index in [0.717, 1.165) is 19.8 Å². The fraction of sp³-hybridized carbons (Fsp3) is 0.615. The first-order valence-corrected chi connectivity index (χ1v) is 5.91. The van der Waals surface area contributed by atoms with Crippen LogP contribution in [0.5, 0.6) is 0 Å². The van der Waals surface area contributed by atoms with Crippen molar-refractivity contribution >= 4 is 0 Å². The van der Waals surface area contributed by atoms with Crippen molar-refractivity contribution in [2.24, 2.45) is 5.92 Å². The van der Waals surface area contributed by atoms with Crippen LogP contribution in [-0.2, 0) is 4.74 Å². The molecule has 0 spiro atoms. The summed E-state index contributed by atoms with van der Waals surface area (Å²) in [7, 11) is 0. The van der Waals surface area contributed by atoms with E-state index < -0.39 is 0 Å². The average Bonchev–Trinajstić information content (AvgIpc) is 2.29. The van der Waals surface area contributed by atoms with E-state index in [2.05, 4.69) is 37.1 Å². The molecule has 0 bridgehead atoms. The summed E-state index contributed by atoms with van der Waals surface area (Å²) in [5.41, 5.74) is 1.21. The maximum atomic E-state index is 5.50. The van der Waals surface area contributed by atoms with Gasteiger partial charge in [-0.05, 0) is 24.5 Å². The molecule has 1 aromatic rings. The van der Waals surface area contributed by atoms with E-state index in [1.807, 2.05) is 12.3 Å². The van der Waals surface area contributed by atoms with Crippen molar-refractivity contribution in [1.82, 2.24) is 10.3 Å². The molecular weight excluding hydrogens is 200 g/mol. The van der Waals surface area contributed by atoms with Crippen molar-refractivity contribution in [2.75, 3.05) is 19.8 Å². The fourth-order valence-electron chi connectivity index (χ4n) is 1.42. The highest BCUT2D eigenvalue weighted by Crippen LogP contribution is 2.08. The molecule has 3 heteroatoms. The Balaban J connectivity index is 2.14. The smallest absolute Gasteiger partial charge is 0.0591 e. The molecule has 1 rings (SSSR count). The van der Waals surface area contributed by atoms with Crippen LogP contribution in [0.4, 0.5) is 0 Å². The average molecular weight is 222 g/mol. The van der Waals surface area contributed by atoms with Crippen LogP contribution >= 0.6 is 0 Å². The lowest BCUT2D eigenvalue weighted by atomic mass is 10.1. The number of hydrogen-bond acceptors (Lipinski definition) is 3. The first kappa shape index (κ1) is 13.1. The third kappa shape index (κ3) is 5.24. The van der Waals surface area contributed by atoms with E-state index in [4.69, 9.17) is 4.74 Å². The highest BCUT2D eigenvalue weighted by atomic mass is 16.5. The molecule has 1 heterocycles. The monoisotopic (exact) mass is 222 g/mol. The molecule has 1 N–H and O–H groups in total. The number of aromatic nitrogens is 1. The van der Waals surface area contributed by atoms with E-state index in [0.29, 0.717) is 12.0 Å². The van der Waals surface area contributed by atoms with Gasteiger partial charge in [0.05, 0.1) is 6.61 Å². The van der Waals surface area contributed by atoms with Gasteiger partial charge in [-0.2, -0.15) is 0 Å². The normalized spacial score (nSPS) is 13.0. The molecule has 0 saturated carbocycles. The topological polar surface area (TPSA) is 34.1 Å². The van der Waals surface area contributed by atoms with Gasteiger partial charge in [0.15, 0.2) is 0 Å². The Morgan fingerprint density at radius 1 is 1.38 bits per heavy atom. The Morgan fingerprint density at radius 2 is 2.19 bits per heavy atom. The predicted octanol–water partition coefficient (Wildman–Crippen LogP) is 2.40.